The van der Waals surface area contributed by atoms with Crippen LogP contribution >= 0.6 is 23.2 Å². The van der Waals surface area contributed by atoms with E-state index >= 15 is 0 Å². The molecule has 2 aromatic rings. The summed E-state index contributed by atoms with van der Waals surface area (Å²) in [7, 11) is 0. The molecule has 1 aliphatic carbocycles. The van der Waals surface area contributed by atoms with Crippen LogP contribution in [0.1, 0.15) is 34.9 Å². The molecule has 0 bridgehead atoms. The maximum Gasteiger partial charge on any atom is 0.0619 e. The second kappa shape index (κ2) is 6.20. The normalized spacial score (nSPS) is 22.1. The first-order valence-corrected chi connectivity index (χ1v) is 8.02. The van der Waals surface area contributed by atoms with E-state index in [2.05, 4.69) is 36.4 Å². The first kappa shape index (κ1) is 14.0. The molecule has 1 aliphatic rings. The fourth-order valence-corrected chi connectivity index (χ4v) is 3.67. The number of alkyl halides is 1. The lowest BCUT2D eigenvalue weighted by molar-refractivity contribution is 0.465. The minimum atomic E-state index is 0.115. The molecule has 0 radical (unpaired) electrons. The molecule has 0 saturated carbocycles. The molecule has 20 heavy (non-hydrogen) atoms. The number of hydrogen-bond donors (Lipinski definition) is 0. The predicted octanol–water partition coefficient (Wildman–Crippen LogP) is 5.82. The van der Waals surface area contributed by atoms with Crippen molar-refractivity contribution in [2.45, 2.75) is 31.1 Å². The summed E-state index contributed by atoms with van der Waals surface area (Å²) in [5.41, 5.74) is 4.07. The van der Waals surface area contributed by atoms with Gasteiger partial charge in [-0.05, 0) is 60.4 Å². The van der Waals surface area contributed by atoms with Gasteiger partial charge in [0.05, 0.1) is 5.38 Å². The Morgan fingerprint density at radius 3 is 2.55 bits per heavy atom. The smallest absolute Gasteiger partial charge is 0.0619 e. The van der Waals surface area contributed by atoms with E-state index in [4.69, 9.17) is 23.2 Å². The highest BCUT2D eigenvalue weighted by Gasteiger charge is 2.25. The van der Waals surface area contributed by atoms with Crippen molar-refractivity contribution in [1.82, 2.24) is 0 Å². The molecule has 0 saturated heterocycles. The number of halogens is 2. The van der Waals surface area contributed by atoms with Crippen LogP contribution in [0, 0.1) is 5.92 Å². The van der Waals surface area contributed by atoms with E-state index in [1.54, 1.807) is 0 Å². The third-order valence-electron chi connectivity index (χ3n) is 4.20. The van der Waals surface area contributed by atoms with Crippen LogP contribution in [0.15, 0.2) is 48.5 Å². The summed E-state index contributed by atoms with van der Waals surface area (Å²) in [4.78, 5) is 0. The number of rotatable bonds is 2. The minimum Gasteiger partial charge on any atom is -0.117 e. The molecule has 2 aromatic carbocycles. The van der Waals surface area contributed by atoms with Gasteiger partial charge in [-0.3, -0.25) is 0 Å². The lowest BCUT2D eigenvalue weighted by Gasteiger charge is -2.21. The van der Waals surface area contributed by atoms with Gasteiger partial charge in [-0.25, -0.2) is 0 Å². The Balaban J connectivity index is 1.82. The van der Waals surface area contributed by atoms with Gasteiger partial charge in [0.1, 0.15) is 0 Å². The molecule has 2 atom stereocenters. The van der Waals surface area contributed by atoms with Crippen molar-refractivity contribution in [3.63, 3.8) is 0 Å². The van der Waals surface area contributed by atoms with Crippen LogP contribution < -0.4 is 0 Å². The molecule has 0 amide bonds. The second-order valence-corrected chi connectivity index (χ2v) is 6.49. The average Bonchev–Trinajstić information content (AvgIpc) is 2.62. The molecular formula is C18H18Cl2. The monoisotopic (exact) mass is 304 g/mol. The van der Waals surface area contributed by atoms with Gasteiger partial charge in [0.25, 0.3) is 0 Å². The summed E-state index contributed by atoms with van der Waals surface area (Å²) in [6.45, 7) is 0. The van der Waals surface area contributed by atoms with Gasteiger partial charge in [0.15, 0.2) is 0 Å². The molecule has 0 aliphatic heterocycles. The van der Waals surface area contributed by atoms with Crippen LogP contribution in [-0.4, -0.2) is 0 Å². The molecule has 0 spiro atoms. The summed E-state index contributed by atoms with van der Waals surface area (Å²) < 4.78 is 0. The van der Waals surface area contributed by atoms with Crippen molar-refractivity contribution in [1.29, 1.82) is 0 Å². The summed E-state index contributed by atoms with van der Waals surface area (Å²) in [5, 5.41) is 0.909. The van der Waals surface area contributed by atoms with E-state index in [1.165, 1.54) is 29.5 Å². The Morgan fingerprint density at radius 1 is 1.00 bits per heavy atom. The van der Waals surface area contributed by atoms with Gasteiger partial charge in [0, 0.05) is 5.02 Å². The van der Waals surface area contributed by atoms with Crippen LogP contribution in [0.25, 0.3) is 0 Å². The highest BCUT2D eigenvalue weighted by atomic mass is 35.5. The quantitative estimate of drug-likeness (QED) is 0.485. The number of benzene rings is 2. The molecular weight excluding hydrogens is 287 g/mol. The Bertz CT molecular complexity index is 574. The molecule has 0 heterocycles. The third kappa shape index (κ3) is 3.02. The molecule has 3 rings (SSSR count). The summed E-state index contributed by atoms with van der Waals surface area (Å²) in [5.74, 6) is 0.501. The van der Waals surface area contributed by atoms with Gasteiger partial charge in [-0.1, -0.05) is 48.0 Å². The molecule has 0 fully saturated rings. The van der Waals surface area contributed by atoms with Crippen molar-refractivity contribution in [2.24, 2.45) is 5.92 Å². The maximum atomic E-state index is 6.77. The van der Waals surface area contributed by atoms with E-state index in [1.807, 2.05) is 12.1 Å². The van der Waals surface area contributed by atoms with Gasteiger partial charge >= 0.3 is 0 Å². The highest BCUT2D eigenvalue weighted by molar-refractivity contribution is 6.30. The van der Waals surface area contributed by atoms with Crippen LogP contribution in [0.5, 0.6) is 0 Å². The van der Waals surface area contributed by atoms with Crippen molar-refractivity contribution < 1.29 is 0 Å². The largest absolute Gasteiger partial charge is 0.117 e. The Morgan fingerprint density at radius 2 is 1.75 bits per heavy atom. The fourth-order valence-electron chi connectivity index (χ4n) is 3.11. The zero-order chi connectivity index (χ0) is 13.9. The molecule has 2 unspecified atom stereocenters. The van der Waals surface area contributed by atoms with Crippen LogP contribution in [0.2, 0.25) is 5.02 Å². The maximum absolute atomic E-state index is 6.77. The van der Waals surface area contributed by atoms with Crippen LogP contribution in [0.3, 0.4) is 0 Å². The molecule has 0 N–H and O–H groups in total. The molecule has 104 valence electrons. The first-order chi connectivity index (χ1) is 9.74. The van der Waals surface area contributed by atoms with Gasteiger partial charge in [-0.2, -0.15) is 0 Å². The minimum absolute atomic E-state index is 0.115. The van der Waals surface area contributed by atoms with E-state index in [9.17, 15) is 0 Å². The third-order valence-corrected chi connectivity index (χ3v) is 5.04. The Labute approximate surface area is 130 Å². The van der Waals surface area contributed by atoms with E-state index in [0.717, 1.165) is 17.9 Å². The highest BCUT2D eigenvalue weighted by Crippen LogP contribution is 2.39. The lowest BCUT2D eigenvalue weighted by Crippen LogP contribution is -2.10. The van der Waals surface area contributed by atoms with Crippen LogP contribution in [0.4, 0.5) is 0 Å². The lowest BCUT2D eigenvalue weighted by atomic mass is 9.90. The van der Waals surface area contributed by atoms with Crippen LogP contribution in [-0.2, 0) is 12.8 Å². The summed E-state index contributed by atoms with van der Waals surface area (Å²) >= 11 is 12.7. The van der Waals surface area contributed by atoms with E-state index < -0.39 is 0 Å². The van der Waals surface area contributed by atoms with Gasteiger partial charge in [0.2, 0.25) is 0 Å². The standard InChI is InChI=1S/C18H18Cl2/c19-16-10-8-13(9-11-16)12-15-6-3-5-14-4-1-2-7-17(14)18(15)20/h1-2,4,7-11,15,18H,3,5-6,12H2. The SMILES string of the molecule is Clc1ccc(CC2CCCc3ccccc3C2Cl)cc1. The van der Waals surface area contributed by atoms with Gasteiger partial charge < -0.3 is 0 Å². The average molecular weight is 305 g/mol. The first-order valence-electron chi connectivity index (χ1n) is 7.20. The van der Waals surface area contributed by atoms with E-state index in [-0.39, 0.29) is 5.38 Å². The van der Waals surface area contributed by atoms with Crippen molar-refractivity contribution in [2.75, 3.05) is 0 Å². The number of hydrogen-bond acceptors (Lipinski definition) is 0. The Hall–Kier alpha value is -0.980. The summed E-state index contributed by atoms with van der Waals surface area (Å²) in [6, 6.07) is 16.8. The topological polar surface area (TPSA) is 0 Å². The number of fused-ring (bicyclic) bond motifs is 1. The van der Waals surface area contributed by atoms with Crippen molar-refractivity contribution in [3.8, 4) is 0 Å². The predicted molar refractivity (Wildman–Crippen MR) is 86.6 cm³/mol. The summed E-state index contributed by atoms with van der Waals surface area (Å²) in [6.07, 6.45) is 4.58. The molecule has 0 aromatic heterocycles. The Kier molecular flexibility index (Phi) is 4.33. The van der Waals surface area contributed by atoms with E-state index in [0.29, 0.717) is 5.92 Å². The second-order valence-electron chi connectivity index (χ2n) is 5.58. The zero-order valence-corrected chi connectivity index (χ0v) is 12.9. The molecule has 2 heteroatoms. The number of aryl methyl sites for hydroxylation is 1. The van der Waals surface area contributed by atoms with Crippen molar-refractivity contribution in [3.05, 3.63) is 70.2 Å². The van der Waals surface area contributed by atoms with Gasteiger partial charge in [-0.15, -0.1) is 11.6 Å². The zero-order valence-electron chi connectivity index (χ0n) is 11.4. The fraction of sp³-hybridized carbons (Fsp3) is 0.333. The van der Waals surface area contributed by atoms with Crippen molar-refractivity contribution >= 4 is 23.2 Å². The molecule has 0 nitrogen and oxygen atoms in total.